The van der Waals surface area contributed by atoms with Gasteiger partial charge in [0, 0.05) is 0 Å². The van der Waals surface area contributed by atoms with E-state index in [1.165, 1.54) is 24.8 Å². The van der Waals surface area contributed by atoms with Crippen molar-refractivity contribution in [1.29, 1.82) is 0 Å². The van der Waals surface area contributed by atoms with Gasteiger partial charge in [0.1, 0.15) is 0 Å². The van der Waals surface area contributed by atoms with Gasteiger partial charge in [-0.05, 0) is 86.9 Å². The molecule has 0 aromatic carbocycles. The summed E-state index contributed by atoms with van der Waals surface area (Å²) in [6, 6.07) is 0. The van der Waals surface area contributed by atoms with E-state index in [1.54, 1.807) is 0 Å². The molecule has 2 bridgehead atoms. The van der Waals surface area contributed by atoms with Crippen LogP contribution < -0.4 is 0 Å². The smallest absolute Gasteiger partial charge is 0.309 e. The molecule has 0 aliphatic heterocycles. The number of fused-ring (bicyclic) bond motifs is 3. The van der Waals surface area contributed by atoms with E-state index in [4.69, 9.17) is 0 Å². The zero-order valence-electron chi connectivity index (χ0n) is 14.5. The van der Waals surface area contributed by atoms with Crippen LogP contribution in [-0.2, 0) is 4.79 Å². The van der Waals surface area contributed by atoms with Gasteiger partial charge >= 0.3 is 5.97 Å². The standard InChI is InChI=1S/C20H30O3/c1-12-8-20-7-6-15-18(2,16(20)5-4-13(12)9-20)10-14(21)11-19(15,3)17(22)23/h13-16,21H,1,4-11H2,2-3H3,(H,22,23)/t13-,14-,15+,16+,18-,19-,20-/m1/s1. The normalized spacial score (nSPS) is 55.2. The number of hydrogen-bond acceptors (Lipinski definition) is 2. The number of carboxylic acids is 1. The van der Waals surface area contributed by atoms with Crippen LogP contribution in [-0.4, -0.2) is 22.3 Å². The quantitative estimate of drug-likeness (QED) is 0.718. The number of rotatable bonds is 1. The van der Waals surface area contributed by atoms with Gasteiger partial charge in [-0.25, -0.2) is 0 Å². The monoisotopic (exact) mass is 318 g/mol. The molecule has 0 aromatic rings. The Kier molecular flexibility index (Phi) is 3.15. The predicted octanol–water partition coefficient (Wildman–Crippen LogP) is 4.01. The van der Waals surface area contributed by atoms with E-state index in [0.717, 1.165) is 25.7 Å². The van der Waals surface area contributed by atoms with Crippen LogP contribution in [0.25, 0.3) is 0 Å². The van der Waals surface area contributed by atoms with E-state index in [0.29, 0.717) is 23.7 Å². The lowest BCUT2D eigenvalue weighted by Crippen LogP contribution is -2.60. The molecular formula is C20H30O3. The van der Waals surface area contributed by atoms with Crippen LogP contribution in [0.3, 0.4) is 0 Å². The molecular weight excluding hydrogens is 288 g/mol. The van der Waals surface area contributed by atoms with Gasteiger partial charge in [0.2, 0.25) is 0 Å². The van der Waals surface area contributed by atoms with Crippen molar-refractivity contribution in [3.05, 3.63) is 12.2 Å². The fraction of sp³-hybridized carbons (Fsp3) is 0.850. The first-order valence-electron chi connectivity index (χ1n) is 9.30. The first-order chi connectivity index (χ1) is 10.7. The average Bonchev–Trinajstić information content (AvgIpc) is 2.67. The zero-order chi connectivity index (χ0) is 16.6. The third-order valence-corrected chi connectivity index (χ3v) is 8.47. The molecule has 0 unspecified atom stereocenters. The second-order valence-electron chi connectivity index (χ2n) is 9.61. The minimum atomic E-state index is -0.777. The van der Waals surface area contributed by atoms with Crippen LogP contribution in [0.5, 0.6) is 0 Å². The highest BCUT2D eigenvalue weighted by Gasteiger charge is 2.66. The number of carbonyl (C=O) groups is 1. The van der Waals surface area contributed by atoms with E-state index < -0.39 is 17.5 Å². The van der Waals surface area contributed by atoms with Crippen LogP contribution >= 0.6 is 0 Å². The molecule has 4 aliphatic rings. The summed E-state index contributed by atoms with van der Waals surface area (Å²) < 4.78 is 0. The Balaban J connectivity index is 1.77. The van der Waals surface area contributed by atoms with Gasteiger partial charge in [0.05, 0.1) is 11.5 Å². The molecule has 4 fully saturated rings. The molecule has 4 aliphatic carbocycles. The predicted molar refractivity (Wildman–Crippen MR) is 88.8 cm³/mol. The molecule has 0 amide bonds. The molecule has 0 saturated heterocycles. The van der Waals surface area contributed by atoms with Gasteiger partial charge in [0.25, 0.3) is 0 Å². The minimum absolute atomic E-state index is 0.0430. The molecule has 3 heteroatoms. The molecule has 23 heavy (non-hydrogen) atoms. The second kappa shape index (κ2) is 4.62. The van der Waals surface area contributed by atoms with Crippen molar-refractivity contribution in [1.82, 2.24) is 0 Å². The Morgan fingerprint density at radius 1 is 1.13 bits per heavy atom. The largest absolute Gasteiger partial charge is 0.481 e. The van der Waals surface area contributed by atoms with E-state index in [2.05, 4.69) is 13.5 Å². The maximum absolute atomic E-state index is 12.1. The van der Waals surface area contributed by atoms with E-state index >= 15 is 0 Å². The topological polar surface area (TPSA) is 57.5 Å². The average molecular weight is 318 g/mol. The van der Waals surface area contributed by atoms with Crippen molar-refractivity contribution < 1.29 is 15.0 Å². The van der Waals surface area contributed by atoms with Gasteiger partial charge < -0.3 is 10.2 Å². The third-order valence-electron chi connectivity index (χ3n) is 8.47. The lowest BCUT2D eigenvalue weighted by Gasteiger charge is -2.64. The van der Waals surface area contributed by atoms with Crippen molar-refractivity contribution >= 4 is 5.97 Å². The molecule has 0 aromatic heterocycles. The Hall–Kier alpha value is -0.830. The van der Waals surface area contributed by atoms with Crippen LogP contribution in [0, 0.1) is 34.0 Å². The number of allylic oxidation sites excluding steroid dienone is 1. The van der Waals surface area contributed by atoms with Gasteiger partial charge in [-0.15, -0.1) is 0 Å². The summed E-state index contributed by atoms with van der Waals surface area (Å²) in [7, 11) is 0. The molecule has 128 valence electrons. The number of aliphatic carboxylic acids is 1. The van der Waals surface area contributed by atoms with Crippen LogP contribution in [0.15, 0.2) is 12.2 Å². The molecule has 4 rings (SSSR count). The highest BCUT2D eigenvalue weighted by molar-refractivity contribution is 5.75. The lowest BCUT2D eigenvalue weighted by molar-refractivity contribution is -0.195. The summed E-state index contributed by atoms with van der Waals surface area (Å²) in [5.41, 5.74) is 0.966. The zero-order valence-corrected chi connectivity index (χ0v) is 14.5. The maximum Gasteiger partial charge on any atom is 0.309 e. The van der Waals surface area contributed by atoms with Gasteiger partial charge in [-0.2, -0.15) is 0 Å². The SMILES string of the molecule is C=C1C[C@@]23CC[C@H]4[C@@](C)(C[C@@H](O)C[C@@]4(C)C(=O)O)[C@@H]2CC[C@@H]1C3. The Morgan fingerprint density at radius 2 is 1.87 bits per heavy atom. The van der Waals surface area contributed by atoms with Crippen molar-refractivity contribution in [3.63, 3.8) is 0 Å². The molecule has 0 heterocycles. The van der Waals surface area contributed by atoms with Crippen molar-refractivity contribution in [2.45, 2.75) is 71.3 Å². The van der Waals surface area contributed by atoms with Gasteiger partial charge in [0.15, 0.2) is 0 Å². The Morgan fingerprint density at radius 3 is 2.57 bits per heavy atom. The van der Waals surface area contributed by atoms with E-state index in [-0.39, 0.29) is 11.3 Å². The summed E-state index contributed by atoms with van der Waals surface area (Å²) >= 11 is 0. The van der Waals surface area contributed by atoms with E-state index in [1.807, 2.05) is 6.92 Å². The number of carboxylic acid groups (broad SMARTS) is 1. The summed E-state index contributed by atoms with van der Waals surface area (Å²) in [6.07, 6.45) is 7.70. The summed E-state index contributed by atoms with van der Waals surface area (Å²) in [6.45, 7) is 8.52. The van der Waals surface area contributed by atoms with Crippen molar-refractivity contribution in [2.24, 2.45) is 34.0 Å². The fourth-order valence-corrected chi connectivity index (χ4v) is 7.73. The molecule has 2 N–H and O–H groups in total. The first-order valence-corrected chi connectivity index (χ1v) is 9.30. The van der Waals surface area contributed by atoms with Crippen molar-refractivity contribution in [3.8, 4) is 0 Å². The van der Waals surface area contributed by atoms with Gasteiger partial charge in [-0.1, -0.05) is 19.1 Å². The minimum Gasteiger partial charge on any atom is -0.481 e. The number of aliphatic hydroxyl groups is 1. The third kappa shape index (κ3) is 1.89. The first kappa shape index (κ1) is 15.7. The van der Waals surface area contributed by atoms with Crippen LogP contribution in [0.2, 0.25) is 0 Å². The van der Waals surface area contributed by atoms with E-state index in [9.17, 15) is 15.0 Å². The second-order valence-corrected chi connectivity index (χ2v) is 9.61. The highest BCUT2D eigenvalue weighted by Crippen LogP contribution is 2.72. The molecule has 0 radical (unpaired) electrons. The summed E-state index contributed by atoms with van der Waals surface area (Å²) in [4.78, 5) is 12.1. The fourth-order valence-electron chi connectivity index (χ4n) is 7.73. The van der Waals surface area contributed by atoms with Crippen LogP contribution in [0.4, 0.5) is 0 Å². The summed E-state index contributed by atoms with van der Waals surface area (Å²) in [5, 5.41) is 20.4. The highest BCUT2D eigenvalue weighted by atomic mass is 16.4. The van der Waals surface area contributed by atoms with Crippen molar-refractivity contribution in [2.75, 3.05) is 0 Å². The van der Waals surface area contributed by atoms with Crippen LogP contribution in [0.1, 0.15) is 65.2 Å². The molecule has 3 nitrogen and oxygen atoms in total. The molecule has 1 spiro atoms. The number of hydrogen-bond donors (Lipinski definition) is 2. The molecule has 4 saturated carbocycles. The summed E-state index contributed by atoms with van der Waals surface area (Å²) in [5.74, 6) is 0.730. The number of aliphatic hydroxyl groups excluding tert-OH is 1. The Labute approximate surface area is 139 Å². The maximum atomic E-state index is 12.1. The Bertz CT molecular complexity index is 569. The molecule has 7 atom stereocenters. The van der Waals surface area contributed by atoms with Gasteiger partial charge in [-0.3, -0.25) is 4.79 Å². The lowest BCUT2D eigenvalue weighted by atomic mass is 9.40.